The van der Waals surface area contributed by atoms with Crippen LogP contribution in [-0.4, -0.2) is 41.7 Å². The van der Waals surface area contributed by atoms with Gasteiger partial charge in [-0.3, -0.25) is 4.79 Å². The van der Waals surface area contributed by atoms with Crippen LogP contribution >= 0.6 is 11.3 Å². The van der Waals surface area contributed by atoms with Gasteiger partial charge in [-0.2, -0.15) is 5.26 Å². The Balaban J connectivity index is 1.57. The van der Waals surface area contributed by atoms with E-state index < -0.39 is 0 Å². The number of fused-ring (bicyclic) bond motifs is 1. The lowest BCUT2D eigenvalue weighted by molar-refractivity contribution is -0.116. The molecule has 1 fully saturated rings. The normalized spacial score (nSPS) is 22.0. The van der Waals surface area contributed by atoms with E-state index in [1.54, 1.807) is 11.3 Å². The number of nitriles is 1. The number of hydrogen-bond donors (Lipinski definition) is 2. The number of likely N-dealkylation sites (tertiary alicyclic amines) is 1. The van der Waals surface area contributed by atoms with Crippen molar-refractivity contribution in [1.82, 2.24) is 4.90 Å². The molecular formula is C18H25N3O2S. The lowest BCUT2D eigenvalue weighted by atomic mass is 9.89. The second-order valence-electron chi connectivity index (χ2n) is 7.04. The summed E-state index contributed by atoms with van der Waals surface area (Å²) >= 11 is 1.58. The van der Waals surface area contributed by atoms with Crippen molar-refractivity contribution in [3.05, 3.63) is 16.0 Å². The zero-order valence-corrected chi connectivity index (χ0v) is 15.0. The maximum atomic E-state index is 12.3. The molecule has 130 valence electrons. The third kappa shape index (κ3) is 3.97. The number of nitrogens with one attached hydrogen (secondary N) is 1. The van der Waals surface area contributed by atoms with Crippen LogP contribution in [-0.2, 0) is 17.6 Å². The molecule has 1 amide bonds. The Morgan fingerprint density at radius 1 is 1.42 bits per heavy atom. The summed E-state index contributed by atoms with van der Waals surface area (Å²) in [6.45, 7) is 4.65. The summed E-state index contributed by atoms with van der Waals surface area (Å²) in [5, 5.41) is 22.7. The summed E-state index contributed by atoms with van der Waals surface area (Å²) in [6, 6.07) is 2.29. The molecular weight excluding hydrogens is 322 g/mol. The Kier molecular flexibility index (Phi) is 5.54. The van der Waals surface area contributed by atoms with Crippen molar-refractivity contribution in [1.29, 1.82) is 5.26 Å². The van der Waals surface area contributed by atoms with Crippen LogP contribution in [0.5, 0.6) is 0 Å². The highest BCUT2D eigenvalue weighted by Crippen LogP contribution is 2.39. The number of aliphatic hydroxyl groups is 1. The minimum Gasteiger partial charge on any atom is -0.393 e. The molecule has 1 aromatic heterocycles. The van der Waals surface area contributed by atoms with Gasteiger partial charge in [0, 0.05) is 30.9 Å². The fraction of sp³-hybridized carbons (Fsp3) is 0.667. The molecule has 0 radical (unpaired) electrons. The van der Waals surface area contributed by atoms with Crippen molar-refractivity contribution in [2.45, 2.75) is 51.6 Å². The van der Waals surface area contributed by atoms with E-state index in [0.29, 0.717) is 24.4 Å². The van der Waals surface area contributed by atoms with E-state index in [1.807, 2.05) is 0 Å². The summed E-state index contributed by atoms with van der Waals surface area (Å²) in [7, 11) is 0. The minimum absolute atomic E-state index is 0.0238. The molecule has 1 saturated heterocycles. The monoisotopic (exact) mass is 347 g/mol. The first-order valence-electron chi connectivity index (χ1n) is 8.81. The highest BCUT2D eigenvalue weighted by atomic mass is 32.1. The van der Waals surface area contributed by atoms with Gasteiger partial charge in [0.05, 0.1) is 11.7 Å². The Bertz CT molecular complexity index is 641. The quantitative estimate of drug-likeness (QED) is 0.877. The molecule has 6 heteroatoms. The molecule has 0 bridgehead atoms. The molecule has 1 atom stereocenters. The van der Waals surface area contributed by atoms with Gasteiger partial charge >= 0.3 is 0 Å². The van der Waals surface area contributed by atoms with Crippen molar-refractivity contribution in [2.24, 2.45) is 5.92 Å². The summed E-state index contributed by atoms with van der Waals surface area (Å²) in [4.78, 5) is 15.8. The molecule has 0 spiro atoms. The number of amides is 1. The molecule has 1 unspecified atom stereocenters. The average Bonchev–Trinajstić information content (AvgIpc) is 2.90. The first kappa shape index (κ1) is 17.4. The molecule has 1 aliphatic heterocycles. The van der Waals surface area contributed by atoms with E-state index >= 15 is 0 Å². The van der Waals surface area contributed by atoms with E-state index in [0.717, 1.165) is 55.8 Å². The molecule has 2 aliphatic rings. The number of carbonyl (C=O) groups excluding carboxylic acids is 1. The van der Waals surface area contributed by atoms with Gasteiger partial charge in [0.15, 0.2) is 0 Å². The van der Waals surface area contributed by atoms with Gasteiger partial charge in [0.1, 0.15) is 11.1 Å². The molecule has 2 heterocycles. The third-order valence-corrected chi connectivity index (χ3v) is 6.26. The van der Waals surface area contributed by atoms with Crippen molar-refractivity contribution >= 4 is 22.2 Å². The van der Waals surface area contributed by atoms with Crippen molar-refractivity contribution in [3.63, 3.8) is 0 Å². The van der Waals surface area contributed by atoms with Gasteiger partial charge < -0.3 is 15.3 Å². The van der Waals surface area contributed by atoms with Gasteiger partial charge in [-0.1, -0.05) is 6.92 Å². The first-order valence-corrected chi connectivity index (χ1v) is 9.63. The van der Waals surface area contributed by atoms with E-state index in [9.17, 15) is 15.2 Å². The molecule has 0 aromatic carbocycles. The maximum absolute atomic E-state index is 12.3. The van der Waals surface area contributed by atoms with Crippen LogP contribution in [0.4, 0.5) is 5.00 Å². The number of piperidine rings is 1. The largest absolute Gasteiger partial charge is 0.393 e. The van der Waals surface area contributed by atoms with Gasteiger partial charge in [0.25, 0.3) is 0 Å². The number of nitrogens with zero attached hydrogens (tertiary/aromatic N) is 2. The standard InChI is InChI=1S/C18H25N3O2S/c1-12-2-3-14-15(11-19)18(24-16(14)10-12)20-17(23)6-9-21-7-4-13(22)5-8-21/h12-13,22H,2-10H2,1H3,(H,20,23). The van der Waals surface area contributed by atoms with E-state index in [4.69, 9.17) is 0 Å². The van der Waals surface area contributed by atoms with Crippen molar-refractivity contribution in [2.75, 3.05) is 25.0 Å². The Morgan fingerprint density at radius 2 is 2.17 bits per heavy atom. The highest BCUT2D eigenvalue weighted by molar-refractivity contribution is 7.16. The Morgan fingerprint density at radius 3 is 2.88 bits per heavy atom. The molecule has 2 N–H and O–H groups in total. The van der Waals surface area contributed by atoms with Gasteiger partial charge in [-0.15, -0.1) is 11.3 Å². The Labute approximate surface area is 147 Å². The number of thiophene rings is 1. The maximum Gasteiger partial charge on any atom is 0.226 e. The molecule has 0 saturated carbocycles. The molecule has 24 heavy (non-hydrogen) atoms. The van der Waals surface area contributed by atoms with Crippen LogP contribution in [0.25, 0.3) is 0 Å². The van der Waals surface area contributed by atoms with Crippen LogP contribution in [0.1, 0.15) is 48.6 Å². The number of anilines is 1. The SMILES string of the molecule is CC1CCc2c(sc(NC(=O)CCN3CCC(O)CC3)c2C#N)C1. The summed E-state index contributed by atoms with van der Waals surface area (Å²) < 4.78 is 0. The van der Waals surface area contributed by atoms with E-state index in [-0.39, 0.29) is 12.0 Å². The zero-order chi connectivity index (χ0) is 17.1. The smallest absolute Gasteiger partial charge is 0.226 e. The number of hydrogen-bond acceptors (Lipinski definition) is 5. The van der Waals surface area contributed by atoms with Crippen LogP contribution in [0.2, 0.25) is 0 Å². The highest BCUT2D eigenvalue weighted by Gasteiger charge is 2.25. The molecule has 1 aromatic rings. The third-order valence-electron chi connectivity index (χ3n) is 5.09. The lowest BCUT2D eigenvalue weighted by Gasteiger charge is -2.29. The Hall–Kier alpha value is -1.42. The van der Waals surface area contributed by atoms with Gasteiger partial charge in [-0.25, -0.2) is 0 Å². The van der Waals surface area contributed by atoms with Crippen LogP contribution in [0, 0.1) is 17.2 Å². The lowest BCUT2D eigenvalue weighted by Crippen LogP contribution is -2.37. The van der Waals surface area contributed by atoms with Gasteiger partial charge in [-0.05, 0) is 43.6 Å². The number of carbonyl (C=O) groups is 1. The van der Waals surface area contributed by atoms with E-state index in [1.165, 1.54) is 4.88 Å². The second-order valence-corrected chi connectivity index (χ2v) is 8.14. The fourth-order valence-electron chi connectivity index (χ4n) is 3.55. The first-order chi connectivity index (χ1) is 11.6. The van der Waals surface area contributed by atoms with Crippen LogP contribution in [0.15, 0.2) is 0 Å². The molecule has 3 rings (SSSR count). The summed E-state index contributed by atoms with van der Waals surface area (Å²) in [6.07, 6.45) is 4.90. The van der Waals surface area contributed by atoms with Crippen molar-refractivity contribution < 1.29 is 9.90 Å². The van der Waals surface area contributed by atoms with Crippen molar-refractivity contribution in [3.8, 4) is 6.07 Å². The van der Waals surface area contributed by atoms with Gasteiger partial charge in [0.2, 0.25) is 5.91 Å². The van der Waals surface area contributed by atoms with Crippen LogP contribution < -0.4 is 5.32 Å². The topological polar surface area (TPSA) is 76.4 Å². The fourth-order valence-corrected chi connectivity index (χ4v) is 4.93. The number of aliphatic hydroxyl groups excluding tert-OH is 1. The average molecular weight is 347 g/mol. The summed E-state index contributed by atoms with van der Waals surface area (Å²) in [5.74, 6) is 0.630. The van der Waals surface area contributed by atoms with E-state index in [2.05, 4.69) is 23.2 Å². The predicted octanol–water partition coefficient (Wildman–Crippen LogP) is 2.53. The molecule has 5 nitrogen and oxygen atoms in total. The minimum atomic E-state index is -0.187. The van der Waals surface area contributed by atoms with Crippen LogP contribution in [0.3, 0.4) is 0 Å². The molecule has 1 aliphatic carbocycles. The zero-order valence-electron chi connectivity index (χ0n) is 14.2. The second kappa shape index (κ2) is 7.64. The number of rotatable bonds is 4. The summed E-state index contributed by atoms with van der Waals surface area (Å²) in [5.41, 5.74) is 1.83. The predicted molar refractivity (Wildman–Crippen MR) is 95.2 cm³/mol.